The van der Waals surface area contributed by atoms with E-state index in [1.54, 1.807) is 19.9 Å². The molecule has 0 aliphatic carbocycles. The van der Waals surface area contributed by atoms with Crippen molar-refractivity contribution in [3.05, 3.63) is 59.7 Å². The van der Waals surface area contributed by atoms with Crippen LogP contribution in [0.15, 0.2) is 53.4 Å². The van der Waals surface area contributed by atoms with E-state index in [2.05, 4.69) is 4.72 Å². The predicted octanol–water partition coefficient (Wildman–Crippen LogP) is 3.26. The summed E-state index contributed by atoms with van der Waals surface area (Å²) >= 11 is 0. The monoisotopic (exact) mass is 361 g/mol. The number of nitrogens with one attached hydrogen (secondary N) is 1. The molecule has 0 bridgehead atoms. The van der Waals surface area contributed by atoms with Crippen LogP contribution in [-0.2, 0) is 14.8 Å². The third-order valence-electron chi connectivity index (χ3n) is 3.27. The summed E-state index contributed by atoms with van der Waals surface area (Å²) in [6, 6.07) is 11.7. The quantitative estimate of drug-likeness (QED) is 0.630. The molecular formula is C18H19NO5S. The van der Waals surface area contributed by atoms with Crippen molar-refractivity contribution in [1.29, 1.82) is 0 Å². The maximum atomic E-state index is 12.4. The molecule has 2 aromatic rings. The first-order valence-electron chi connectivity index (χ1n) is 7.64. The Bertz CT molecular complexity index is 886. The summed E-state index contributed by atoms with van der Waals surface area (Å²) < 4.78 is 32.3. The lowest BCUT2D eigenvalue weighted by atomic mass is 10.2. The van der Waals surface area contributed by atoms with Gasteiger partial charge in [-0.1, -0.05) is 12.1 Å². The van der Waals surface area contributed by atoms with Crippen LogP contribution in [0.3, 0.4) is 0 Å². The molecule has 0 fully saturated rings. The van der Waals surface area contributed by atoms with Gasteiger partial charge in [0.15, 0.2) is 5.78 Å². The Morgan fingerprint density at radius 3 is 2.20 bits per heavy atom. The number of carbonyl (C=O) groups excluding carboxylic acids is 2. The smallest absolute Gasteiger partial charge is 0.338 e. The summed E-state index contributed by atoms with van der Waals surface area (Å²) in [6.07, 6.45) is -0.237. The molecule has 132 valence electrons. The molecule has 0 saturated heterocycles. The topological polar surface area (TPSA) is 89.5 Å². The fraction of sp³-hybridized carbons (Fsp3) is 0.222. The predicted molar refractivity (Wildman–Crippen MR) is 94.2 cm³/mol. The highest BCUT2D eigenvalue weighted by Crippen LogP contribution is 2.18. The Morgan fingerprint density at radius 2 is 1.64 bits per heavy atom. The van der Waals surface area contributed by atoms with Crippen molar-refractivity contribution in [3.8, 4) is 0 Å². The molecule has 0 unspecified atom stereocenters. The zero-order valence-electron chi connectivity index (χ0n) is 14.1. The largest absolute Gasteiger partial charge is 0.459 e. The van der Waals surface area contributed by atoms with Crippen molar-refractivity contribution >= 4 is 27.5 Å². The van der Waals surface area contributed by atoms with Gasteiger partial charge in [0.25, 0.3) is 10.0 Å². The zero-order chi connectivity index (χ0) is 18.6. The lowest BCUT2D eigenvalue weighted by molar-refractivity contribution is 0.0378. The zero-order valence-corrected chi connectivity index (χ0v) is 15.0. The Kier molecular flexibility index (Phi) is 5.58. The Hall–Kier alpha value is -2.67. The van der Waals surface area contributed by atoms with Crippen molar-refractivity contribution in [2.75, 3.05) is 4.72 Å². The minimum atomic E-state index is -3.84. The van der Waals surface area contributed by atoms with Crippen LogP contribution in [-0.4, -0.2) is 26.3 Å². The van der Waals surface area contributed by atoms with Crippen LogP contribution in [0.25, 0.3) is 0 Å². The number of Topliss-reactive ketones (excluding diaryl/α,β-unsaturated/α-hetero) is 1. The Balaban J connectivity index is 2.19. The first kappa shape index (κ1) is 18.7. The summed E-state index contributed by atoms with van der Waals surface area (Å²) in [4.78, 5) is 23.2. The maximum Gasteiger partial charge on any atom is 0.338 e. The lowest BCUT2D eigenvalue weighted by Crippen LogP contribution is -2.14. The molecule has 1 N–H and O–H groups in total. The fourth-order valence-electron chi connectivity index (χ4n) is 2.05. The molecule has 25 heavy (non-hydrogen) atoms. The third kappa shape index (κ3) is 4.90. The van der Waals surface area contributed by atoms with Gasteiger partial charge in [-0.3, -0.25) is 9.52 Å². The maximum absolute atomic E-state index is 12.4. The van der Waals surface area contributed by atoms with Gasteiger partial charge in [-0.05, 0) is 57.2 Å². The van der Waals surface area contributed by atoms with Crippen molar-refractivity contribution in [2.24, 2.45) is 0 Å². The molecular weight excluding hydrogens is 342 g/mol. The minimum absolute atomic E-state index is 0.0107. The van der Waals surface area contributed by atoms with Gasteiger partial charge >= 0.3 is 5.97 Å². The standard InChI is InChI=1S/C18H19NO5S/c1-12(2)24-18(21)14-7-9-16(10-8-14)19-25(22,23)17-6-4-5-15(11-17)13(3)20/h4-12,19H,1-3H3. The number of rotatable bonds is 6. The molecule has 0 saturated carbocycles. The molecule has 0 amide bonds. The lowest BCUT2D eigenvalue weighted by Gasteiger charge is -2.10. The van der Waals surface area contributed by atoms with Crippen LogP contribution in [0.4, 0.5) is 5.69 Å². The summed E-state index contributed by atoms with van der Waals surface area (Å²) in [7, 11) is -3.84. The number of ether oxygens (including phenoxy) is 1. The van der Waals surface area contributed by atoms with Gasteiger partial charge in [-0.25, -0.2) is 13.2 Å². The van der Waals surface area contributed by atoms with Crippen LogP contribution in [0, 0.1) is 0 Å². The fourth-order valence-corrected chi connectivity index (χ4v) is 3.16. The molecule has 7 heteroatoms. The van der Waals surface area contributed by atoms with E-state index < -0.39 is 16.0 Å². The average molecular weight is 361 g/mol. The average Bonchev–Trinajstić information content (AvgIpc) is 2.54. The molecule has 0 aromatic heterocycles. The highest BCUT2D eigenvalue weighted by atomic mass is 32.2. The summed E-state index contributed by atoms with van der Waals surface area (Å²) in [6.45, 7) is 4.86. The van der Waals surface area contributed by atoms with Gasteiger partial charge in [0.1, 0.15) is 0 Å². The highest BCUT2D eigenvalue weighted by Gasteiger charge is 2.16. The van der Waals surface area contributed by atoms with Gasteiger partial charge in [-0.15, -0.1) is 0 Å². The minimum Gasteiger partial charge on any atom is -0.459 e. The van der Waals surface area contributed by atoms with Gasteiger partial charge in [0.05, 0.1) is 16.6 Å². The van der Waals surface area contributed by atoms with E-state index in [1.165, 1.54) is 49.4 Å². The van der Waals surface area contributed by atoms with E-state index in [0.29, 0.717) is 16.8 Å². The second kappa shape index (κ2) is 7.48. The molecule has 0 heterocycles. The number of ketones is 1. The Labute approximate surface area is 146 Å². The van der Waals surface area contributed by atoms with Crippen LogP contribution >= 0.6 is 0 Å². The van der Waals surface area contributed by atoms with Gasteiger partial charge in [0, 0.05) is 11.3 Å². The normalized spacial score (nSPS) is 11.2. The number of benzene rings is 2. The van der Waals surface area contributed by atoms with Crippen molar-refractivity contribution in [1.82, 2.24) is 0 Å². The molecule has 0 atom stereocenters. The number of hydrogen-bond acceptors (Lipinski definition) is 5. The molecule has 0 aliphatic rings. The van der Waals surface area contributed by atoms with Crippen molar-refractivity contribution in [3.63, 3.8) is 0 Å². The van der Waals surface area contributed by atoms with Crippen LogP contribution in [0.2, 0.25) is 0 Å². The first-order valence-corrected chi connectivity index (χ1v) is 9.12. The number of sulfonamides is 1. The van der Waals surface area contributed by atoms with Gasteiger partial charge in [0.2, 0.25) is 0 Å². The van der Waals surface area contributed by atoms with E-state index >= 15 is 0 Å². The van der Waals surface area contributed by atoms with E-state index in [9.17, 15) is 18.0 Å². The van der Waals surface area contributed by atoms with E-state index in [4.69, 9.17) is 4.74 Å². The number of anilines is 1. The van der Waals surface area contributed by atoms with Crippen LogP contribution < -0.4 is 4.72 Å². The number of esters is 1. The summed E-state index contributed by atoms with van der Waals surface area (Å²) in [5.41, 5.74) is 0.944. The molecule has 2 aromatic carbocycles. The SMILES string of the molecule is CC(=O)c1cccc(S(=O)(=O)Nc2ccc(C(=O)OC(C)C)cc2)c1. The number of hydrogen-bond donors (Lipinski definition) is 1. The molecule has 0 aliphatic heterocycles. The van der Waals surface area contributed by atoms with Crippen LogP contribution in [0.5, 0.6) is 0 Å². The molecule has 0 radical (unpaired) electrons. The molecule has 6 nitrogen and oxygen atoms in total. The van der Waals surface area contributed by atoms with Crippen LogP contribution in [0.1, 0.15) is 41.5 Å². The Morgan fingerprint density at radius 1 is 1.00 bits per heavy atom. The summed E-state index contributed by atoms with van der Waals surface area (Å²) in [5, 5.41) is 0. The van der Waals surface area contributed by atoms with E-state index in [-0.39, 0.29) is 16.8 Å². The van der Waals surface area contributed by atoms with Crippen molar-refractivity contribution < 1.29 is 22.7 Å². The molecule has 2 rings (SSSR count). The second-order valence-electron chi connectivity index (χ2n) is 5.72. The van der Waals surface area contributed by atoms with E-state index in [0.717, 1.165) is 0 Å². The first-order chi connectivity index (χ1) is 11.7. The molecule has 0 spiro atoms. The summed E-state index contributed by atoms with van der Waals surface area (Å²) in [5.74, 6) is -0.691. The second-order valence-corrected chi connectivity index (χ2v) is 7.40. The highest BCUT2D eigenvalue weighted by molar-refractivity contribution is 7.92. The number of carbonyl (C=O) groups is 2. The van der Waals surface area contributed by atoms with Gasteiger partial charge in [-0.2, -0.15) is 0 Å². The van der Waals surface area contributed by atoms with E-state index in [1.807, 2.05) is 0 Å². The third-order valence-corrected chi connectivity index (χ3v) is 4.65. The van der Waals surface area contributed by atoms with Gasteiger partial charge < -0.3 is 4.74 Å². The van der Waals surface area contributed by atoms with Crippen molar-refractivity contribution in [2.45, 2.75) is 31.8 Å².